The number of Topliss-reactive ketones (excluding diaryl/α,β-unsaturated/α-hetero) is 1. The lowest BCUT2D eigenvalue weighted by Crippen LogP contribution is -2.39. The lowest BCUT2D eigenvalue weighted by molar-refractivity contribution is 0.0843. The molecule has 0 amide bonds. The van der Waals surface area contributed by atoms with E-state index in [-0.39, 0.29) is 11.8 Å². The van der Waals surface area contributed by atoms with Crippen molar-refractivity contribution in [2.24, 2.45) is 5.92 Å². The summed E-state index contributed by atoms with van der Waals surface area (Å²) in [5.74, 6) is 1.02. The number of carbonyl (C=O) groups excluding carboxylic acids is 1. The number of thiophene rings is 1. The molecule has 1 saturated carbocycles. The molecular formula is C13H18ClNOS. The average Bonchev–Trinajstić information content (AvgIpc) is 3.04. The molecule has 94 valence electrons. The smallest absolute Gasteiger partial charge is 0.189 e. The quantitative estimate of drug-likeness (QED) is 0.735. The first kappa shape index (κ1) is 13.1. The molecule has 0 spiro atoms. The Balaban J connectivity index is 2.01. The number of rotatable bonds is 6. The zero-order valence-electron chi connectivity index (χ0n) is 10.3. The predicted molar refractivity (Wildman–Crippen MR) is 73.1 cm³/mol. The number of nitrogens with zero attached hydrogens (tertiary/aromatic N) is 1. The summed E-state index contributed by atoms with van der Waals surface area (Å²) >= 11 is 7.25. The summed E-state index contributed by atoms with van der Waals surface area (Å²) in [5.41, 5.74) is 0. The summed E-state index contributed by atoms with van der Waals surface area (Å²) < 4.78 is 0.686. The lowest BCUT2D eigenvalue weighted by atomic mass is 10.1. The van der Waals surface area contributed by atoms with Gasteiger partial charge in [0.25, 0.3) is 0 Å². The van der Waals surface area contributed by atoms with E-state index in [4.69, 9.17) is 11.6 Å². The van der Waals surface area contributed by atoms with E-state index in [1.54, 1.807) is 6.07 Å². The van der Waals surface area contributed by atoms with Crippen molar-refractivity contribution >= 4 is 28.7 Å². The fourth-order valence-corrected chi connectivity index (χ4v) is 3.08. The first-order valence-electron chi connectivity index (χ1n) is 6.15. The molecule has 4 heteroatoms. The average molecular weight is 272 g/mol. The Kier molecular flexibility index (Phi) is 4.23. The Morgan fingerprint density at radius 2 is 2.29 bits per heavy atom. The number of hydrogen-bond acceptors (Lipinski definition) is 3. The van der Waals surface area contributed by atoms with Crippen LogP contribution < -0.4 is 0 Å². The third-order valence-corrected chi connectivity index (χ3v) is 4.58. The molecule has 1 heterocycles. The SMILES string of the molecule is CCN(CC1CC1)C(C)C(=O)c1ccc(Cl)s1. The molecule has 1 unspecified atom stereocenters. The van der Waals surface area contributed by atoms with Gasteiger partial charge in [0, 0.05) is 6.54 Å². The highest BCUT2D eigenvalue weighted by Gasteiger charge is 2.29. The van der Waals surface area contributed by atoms with E-state index in [1.165, 1.54) is 24.2 Å². The van der Waals surface area contributed by atoms with Gasteiger partial charge in [0.1, 0.15) is 0 Å². The molecule has 2 nitrogen and oxygen atoms in total. The molecule has 0 N–H and O–H groups in total. The van der Waals surface area contributed by atoms with Crippen LogP contribution in [0.5, 0.6) is 0 Å². The van der Waals surface area contributed by atoms with Gasteiger partial charge in [-0.05, 0) is 44.4 Å². The summed E-state index contributed by atoms with van der Waals surface area (Å²) in [6.07, 6.45) is 2.64. The molecule has 1 aromatic rings. The largest absolute Gasteiger partial charge is 0.293 e. The molecule has 1 aliphatic carbocycles. The van der Waals surface area contributed by atoms with Crippen molar-refractivity contribution in [3.63, 3.8) is 0 Å². The molecule has 0 aromatic carbocycles. The summed E-state index contributed by atoms with van der Waals surface area (Å²) in [6, 6.07) is 3.59. The molecule has 1 aromatic heterocycles. The molecular weight excluding hydrogens is 254 g/mol. The van der Waals surface area contributed by atoms with Crippen LogP contribution in [-0.4, -0.2) is 29.8 Å². The second-order valence-electron chi connectivity index (χ2n) is 4.67. The van der Waals surface area contributed by atoms with Crippen molar-refractivity contribution in [2.75, 3.05) is 13.1 Å². The molecule has 2 rings (SSSR count). The van der Waals surface area contributed by atoms with Gasteiger partial charge in [-0.25, -0.2) is 0 Å². The Hall–Kier alpha value is -0.380. The van der Waals surface area contributed by atoms with Gasteiger partial charge in [-0.3, -0.25) is 9.69 Å². The standard InChI is InChI=1S/C13H18ClNOS/c1-3-15(8-10-4-5-10)9(2)13(16)11-6-7-12(14)17-11/h6-7,9-10H,3-5,8H2,1-2H3. The highest BCUT2D eigenvalue weighted by molar-refractivity contribution is 7.18. The van der Waals surface area contributed by atoms with Gasteiger partial charge < -0.3 is 0 Å². The minimum absolute atomic E-state index is 0.0321. The lowest BCUT2D eigenvalue weighted by Gasteiger charge is -2.26. The van der Waals surface area contributed by atoms with Crippen LogP contribution in [0.25, 0.3) is 0 Å². The summed E-state index contributed by atoms with van der Waals surface area (Å²) in [4.78, 5) is 15.3. The number of halogens is 1. The van der Waals surface area contributed by atoms with Crippen molar-refractivity contribution in [1.29, 1.82) is 0 Å². The van der Waals surface area contributed by atoms with Gasteiger partial charge in [0.15, 0.2) is 5.78 Å². The van der Waals surface area contributed by atoms with Crippen molar-refractivity contribution in [2.45, 2.75) is 32.7 Å². The molecule has 0 aliphatic heterocycles. The maximum atomic E-state index is 12.3. The van der Waals surface area contributed by atoms with Crippen LogP contribution >= 0.6 is 22.9 Å². The van der Waals surface area contributed by atoms with Gasteiger partial charge in [0.05, 0.1) is 15.3 Å². The van der Waals surface area contributed by atoms with E-state index >= 15 is 0 Å². The van der Waals surface area contributed by atoms with Crippen LogP contribution in [0.3, 0.4) is 0 Å². The maximum Gasteiger partial charge on any atom is 0.189 e. The Bertz CT molecular complexity index is 400. The first-order valence-corrected chi connectivity index (χ1v) is 7.35. The zero-order chi connectivity index (χ0) is 12.4. The molecule has 1 atom stereocenters. The van der Waals surface area contributed by atoms with Gasteiger partial charge >= 0.3 is 0 Å². The van der Waals surface area contributed by atoms with E-state index in [0.717, 1.165) is 23.9 Å². The minimum Gasteiger partial charge on any atom is -0.293 e. The molecule has 0 bridgehead atoms. The number of hydrogen-bond donors (Lipinski definition) is 0. The Morgan fingerprint density at radius 1 is 1.59 bits per heavy atom. The second kappa shape index (κ2) is 5.51. The van der Waals surface area contributed by atoms with Crippen molar-refractivity contribution in [3.8, 4) is 0 Å². The zero-order valence-corrected chi connectivity index (χ0v) is 11.9. The molecule has 0 radical (unpaired) electrons. The van der Waals surface area contributed by atoms with Crippen molar-refractivity contribution < 1.29 is 4.79 Å². The van der Waals surface area contributed by atoms with Crippen molar-refractivity contribution in [3.05, 3.63) is 21.3 Å². The predicted octanol–water partition coefficient (Wildman–Crippen LogP) is 3.70. The summed E-state index contributed by atoms with van der Waals surface area (Å²) in [6.45, 7) is 6.11. The Labute approximate surface area is 112 Å². The van der Waals surface area contributed by atoms with Gasteiger partial charge in [-0.15, -0.1) is 11.3 Å². The minimum atomic E-state index is -0.0321. The number of ketones is 1. The van der Waals surface area contributed by atoms with Crippen LogP contribution in [0.4, 0.5) is 0 Å². The number of likely N-dealkylation sites (N-methyl/N-ethyl adjacent to an activating group) is 1. The first-order chi connectivity index (χ1) is 8.11. The number of carbonyl (C=O) groups is 1. The fourth-order valence-electron chi connectivity index (χ4n) is 2.01. The second-order valence-corrected chi connectivity index (χ2v) is 6.39. The van der Waals surface area contributed by atoms with Crippen LogP contribution in [0.15, 0.2) is 12.1 Å². The summed E-state index contributed by atoms with van der Waals surface area (Å²) in [7, 11) is 0. The van der Waals surface area contributed by atoms with E-state index in [2.05, 4.69) is 11.8 Å². The van der Waals surface area contributed by atoms with Gasteiger partial charge in [-0.2, -0.15) is 0 Å². The van der Waals surface area contributed by atoms with Crippen LogP contribution in [-0.2, 0) is 0 Å². The maximum absolute atomic E-state index is 12.3. The Morgan fingerprint density at radius 3 is 2.76 bits per heavy atom. The molecule has 17 heavy (non-hydrogen) atoms. The van der Waals surface area contributed by atoms with E-state index in [9.17, 15) is 4.79 Å². The van der Waals surface area contributed by atoms with E-state index in [0.29, 0.717) is 4.34 Å². The van der Waals surface area contributed by atoms with Gasteiger partial charge in [0.2, 0.25) is 0 Å². The fraction of sp³-hybridized carbons (Fsp3) is 0.615. The van der Waals surface area contributed by atoms with Crippen LogP contribution in [0.2, 0.25) is 4.34 Å². The van der Waals surface area contributed by atoms with Crippen LogP contribution in [0.1, 0.15) is 36.4 Å². The normalized spacial score (nSPS) is 17.4. The summed E-state index contributed by atoms with van der Waals surface area (Å²) in [5, 5.41) is 0. The molecule has 1 aliphatic rings. The highest BCUT2D eigenvalue weighted by Crippen LogP contribution is 2.31. The van der Waals surface area contributed by atoms with Crippen LogP contribution in [0, 0.1) is 5.92 Å². The van der Waals surface area contributed by atoms with E-state index < -0.39 is 0 Å². The van der Waals surface area contributed by atoms with Crippen molar-refractivity contribution in [1.82, 2.24) is 4.90 Å². The third kappa shape index (κ3) is 3.30. The van der Waals surface area contributed by atoms with Gasteiger partial charge in [-0.1, -0.05) is 18.5 Å². The van der Waals surface area contributed by atoms with E-state index in [1.807, 2.05) is 13.0 Å². The molecule has 1 fully saturated rings. The highest BCUT2D eigenvalue weighted by atomic mass is 35.5. The molecule has 0 saturated heterocycles. The monoisotopic (exact) mass is 271 g/mol. The third-order valence-electron chi connectivity index (χ3n) is 3.34. The topological polar surface area (TPSA) is 20.3 Å².